The van der Waals surface area contributed by atoms with Crippen molar-refractivity contribution in [2.24, 2.45) is 5.92 Å². The number of piperidine rings is 1. The van der Waals surface area contributed by atoms with Gasteiger partial charge in [0.2, 0.25) is 5.91 Å². The lowest BCUT2D eigenvalue weighted by Gasteiger charge is -2.32. The van der Waals surface area contributed by atoms with Gasteiger partial charge in [0, 0.05) is 32.2 Å². The van der Waals surface area contributed by atoms with Crippen molar-refractivity contribution in [2.45, 2.75) is 39.5 Å². The Hall–Kier alpha value is -3.23. The summed E-state index contributed by atoms with van der Waals surface area (Å²) in [5.41, 5.74) is 0.755. The highest BCUT2D eigenvalue weighted by Gasteiger charge is 2.36. The number of rotatable bonds is 8. The molecule has 0 aromatic heterocycles. The number of ether oxygens (including phenoxy) is 1. The van der Waals surface area contributed by atoms with Gasteiger partial charge in [0.25, 0.3) is 17.7 Å². The predicted octanol–water partition coefficient (Wildman–Crippen LogP) is 1.96. The minimum Gasteiger partial charge on any atom is -0.466 e. The summed E-state index contributed by atoms with van der Waals surface area (Å²) < 4.78 is 5.07. The molecule has 1 saturated heterocycles. The number of fused-ring (bicyclic) bond motifs is 1. The maximum Gasteiger partial charge on any atom is 0.310 e. The molecular weight excluding hydrogens is 426 g/mol. The van der Waals surface area contributed by atoms with Crippen LogP contribution in [0.25, 0.3) is 0 Å². The van der Waals surface area contributed by atoms with Crippen LogP contribution in [0, 0.1) is 5.92 Å². The average Bonchev–Trinajstić information content (AvgIpc) is 3.06. The van der Waals surface area contributed by atoms with Crippen LogP contribution in [0.3, 0.4) is 0 Å². The normalized spacial score (nSPS) is 17.7. The molecule has 33 heavy (non-hydrogen) atoms. The molecule has 9 nitrogen and oxygen atoms in total. The summed E-state index contributed by atoms with van der Waals surface area (Å²) in [6.45, 7) is 5.03. The Morgan fingerprint density at radius 3 is 2.55 bits per heavy atom. The molecule has 9 heteroatoms. The van der Waals surface area contributed by atoms with Crippen molar-refractivity contribution < 1.29 is 28.7 Å². The van der Waals surface area contributed by atoms with Gasteiger partial charge in [-0.3, -0.25) is 28.9 Å². The second-order valence-electron chi connectivity index (χ2n) is 8.47. The maximum absolute atomic E-state index is 12.9. The quantitative estimate of drug-likeness (QED) is 0.437. The van der Waals surface area contributed by atoms with Gasteiger partial charge < -0.3 is 14.5 Å². The van der Waals surface area contributed by atoms with E-state index in [-0.39, 0.29) is 47.9 Å². The molecule has 1 atom stereocenters. The van der Waals surface area contributed by atoms with E-state index in [2.05, 4.69) is 0 Å². The molecule has 0 N–H and O–H groups in total. The SMILES string of the molecule is CCCCN1C(=O)c2ccc(C(=O)N(C)CC(=O)N3CCCC(C(=O)OCC)C3)cc2C1=O. The van der Waals surface area contributed by atoms with E-state index in [0.717, 1.165) is 12.8 Å². The second kappa shape index (κ2) is 10.6. The number of carbonyl (C=O) groups excluding carboxylic acids is 5. The van der Waals surface area contributed by atoms with E-state index in [1.807, 2.05) is 6.92 Å². The fraction of sp³-hybridized carbons (Fsp3) is 0.542. The van der Waals surface area contributed by atoms with Crippen LogP contribution in [-0.2, 0) is 14.3 Å². The summed E-state index contributed by atoms with van der Waals surface area (Å²) in [5, 5.41) is 0. The van der Waals surface area contributed by atoms with E-state index in [9.17, 15) is 24.0 Å². The van der Waals surface area contributed by atoms with Crippen molar-refractivity contribution in [1.82, 2.24) is 14.7 Å². The van der Waals surface area contributed by atoms with Crippen LogP contribution < -0.4 is 0 Å². The fourth-order valence-corrected chi connectivity index (χ4v) is 4.19. The largest absolute Gasteiger partial charge is 0.466 e. The molecule has 1 fully saturated rings. The number of hydrogen-bond donors (Lipinski definition) is 0. The topological polar surface area (TPSA) is 104 Å². The van der Waals surface area contributed by atoms with Gasteiger partial charge in [-0.25, -0.2) is 0 Å². The average molecular weight is 458 g/mol. The number of benzene rings is 1. The van der Waals surface area contributed by atoms with E-state index in [1.165, 1.54) is 35.0 Å². The van der Waals surface area contributed by atoms with Crippen LogP contribution in [0.2, 0.25) is 0 Å². The van der Waals surface area contributed by atoms with Crippen molar-refractivity contribution >= 4 is 29.6 Å². The highest BCUT2D eigenvalue weighted by Crippen LogP contribution is 2.25. The molecule has 2 heterocycles. The molecule has 0 spiro atoms. The van der Waals surface area contributed by atoms with Crippen molar-refractivity contribution in [3.05, 3.63) is 34.9 Å². The number of carbonyl (C=O) groups is 5. The van der Waals surface area contributed by atoms with Crippen molar-refractivity contribution in [2.75, 3.05) is 39.8 Å². The van der Waals surface area contributed by atoms with Gasteiger partial charge in [0.1, 0.15) is 0 Å². The number of imide groups is 1. The lowest BCUT2D eigenvalue weighted by Crippen LogP contribution is -2.47. The fourth-order valence-electron chi connectivity index (χ4n) is 4.19. The van der Waals surface area contributed by atoms with Crippen molar-refractivity contribution in [3.63, 3.8) is 0 Å². The Morgan fingerprint density at radius 1 is 1.12 bits per heavy atom. The van der Waals surface area contributed by atoms with Gasteiger partial charge in [-0.05, 0) is 44.4 Å². The zero-order valence-corrected chi connectivity index (χ0v) is 19.5. The molecule has 0 saturated carbocycles. The van der Waals surface area contributed by atoms with Gasteiger partial charge in [-0.2, -0.15) is 0 Å². The third-order valence-corrected chi connectivity index (χ3v) is 6.07. The molecule has 0 aliphatic carbocycles. The van der Waals surface area contributed by atoms with E-state index in [4.69, 9.17) is 4.74 Å². The summed E-state index contributed by atoms with van der Waals surface area (Å²) in [4.78, 5) is 67.0. The monoisotopic (exact) mass is 457 g/mol. The molecule has 2 aliphatic heterocycles. The molecule has 2 aliphatic rings. The van der Waals surface area contributed by atoms with Crippen LogP contribution in [0.1, 0.15) is 70.6 Å². The number of amides is 4. The Kier molecular flexibility index (Phi) is 7.84. The summed E-state index contributed by atoms with van der Waals surface area (Å²) in [5.74, 6) is -2.05. The Balaban J connectivity index is 1.65. The minimum atomic E-state index is -0.419. The molecule has 1 aromatic carbocycles. The smallest absolute Gasteiger partial charge is 0.310 e. The molecule has 3 rings (SSSR count). The van der Waals surface area contributed by atoms with E-state index in [1.54, 1.807) is 11.8 Å². The zero-order chi connectivity index (χ0) is 24.1. The zero-order valence-electron chi connectivity index (χ0n) is 19.5. The molecular formula is C24H31N3O6. The van der Waals surface area contributed by atoms with Gasteiger partial charge in [-0.15, -0.1) is 0 Å². The van der Waals surface area contributed by atoms with Crippen LogP contribution in [-0.4, -0.2) is 84.1 Å². The molecule has 1 aromatic rings. The lowest BCUT2D eigenvalue weighted by molar-refractivity contribution is -0.151. The first-order valence-electron chi connectivity index (χ1n) is 11.5. The van der Waals surface area contributed by atoms with Gasteiger partial charge in [0.05, 0.1) is 30.2 Å². The lowest BCUT2D eigenvalue weighted by atomic mass is 9.98. The second-order valence-corrected chi connectivity index (χ2v) is 8.47. The first-order valence-corrected chi connectivity index (χ1v) is 11.5. The maximum atomic E-state index is 12.9. The highest BCUT2D eigenvalue weighted by atomic mass is 16.5. The number of likely N-dealkylation sites (N-methyl/N-ethyl adjacent to an activating group) is 1. The number of nitrogens with zero attached hydrogens (tertiary/aromatic N) is 3. The van der Waals surface area contributed by atoms with Crippen LogP contribution in [0.5, 0.6) is 0 Å². The van der Waals surface area contributed by atoms with Crippen molar-refractivity contribution in [1.29, 1.82) is 0 Å². The van der Waals surface area contributed by atoms with Gasteiger partial charge in [0.15, 0.2) is 0 Å². The van der Waals surface area contributed by atoms with Gasteiger partial charge in [-0.1, -0.05) is 13.3 Å². The third kappa shape index (κ3) is 5.23. The summed E-state index contributed by atoms with van der Waals surface area (Å²) in [6, 6.07) is 4.44. The molecule has 4 amide bonds. The predicted molar refractivity (Wildman–Crippen MR) is 120 cm³/mol. The van der Waals surface area contributed by atoms with Crippen LogP contribution >= 0.6 is 0 Å². The van der Waals surface area contributed by atoms with Crippen LogP contribution in [0.4, 0.5) is 0 Å². The number of hydrogen-bond acceptors (Lipinski definition) is 6. The van der Waals surface area contributed by atoms with Crippen molar-refractivity contribution in [3.8, 4) is 0 Å². The number of likely N-dealkylation sites (tertiary alicyclic amines) is 1. The first kappa shape index (κ1) is 24.4. The Bertz CT molecular complexity index is 960. The van der Waals surface area contributed by atoms with Gasteiger partial charge >= 0.3 is 5.97 Å². The number of esters is 1. The first-order chi connectivity index (χ1) is 15.8. The van der Waals surface area contributed by atoms with Crippen LogP contribution in [0.15, 0.2) is 18.2 Å². The van der Waals surface area contributed by atoms with E-state index in [0.29, 0.717) is 38.1 Å². The summed E-state index contributed by atoms with van der Waals surface area (Å²) in [6.07, 6.45) is 2.94. The standard InChI is InChI=1S/C24H31N3O6/c1-4-6-12-27-22(30)18-10-9-16(13-19(18)23(27)31)21(29)25(3)15-20(28)26-11-7-8-17(14-26)24(32)33-5-2/h9-10,13,17H,4-8,11-12,14-15H2,1-3H3. The molecule has 0 radical (unpaired) electrons. The van der Waals surface area contributed by atoms with E-state index >= 15 is 0 Å². The highest BCUT2D eigenvalue weighted by molar-refractivity contribution is 6.22. The summed E-state index contributed by atoms with van der Waals surface area (Å²) >= 11 is 0. The number of unbranched alkanes of at least 4 members (excludes halogenated alkanes) is 1. The molecule has 0 bridgehead atoms. The minimum absolute atomic E-state index is 0.152. The Morgan fingerprint density at radius 2 is 1.85 bits per heavy atom. The molecule has 178 valence electrons. The van der Waals surface area contributed by atoms with E-state index < -0.39 is 11.8 Å². The molecule has 1 unspecified atom stereocenters. The Labute approximate surface area is 193 Å². The third-order valence-electron chi connectivity index (χ3n) is 6.07. The summed E-state index contributed by atoms with van der Waals surface area (Å²) in [7, 11) is 1.51.